The summed E-state index contributed by atoms with van der Waals surface area (Å²) in [5.41, 5.74) is 0. The number of phosphoric ester groups is 1. The zero-order chi connectivity index (χ0) is 65.1. The highest BCUT2D eigenvalue weighted by molar-refractivity contribution is 7.48. The molecule has 4 aliphatic carbocycles. The summed E-state index contributed by atoms with van der Waals surface area (Å²) in [5.74, 6) is 7.39. The number of carbonyl (C=O) groups excluding carboxylic acids is 2. The Morgan fingerprint density at radius 1 is 0.330 bits per heavy atom. The first kappa shape index (κ1) is 82.4. The molecule has 0 unspecified atom stereocenters. The van der Waals surface area contributed by atoms with E-state index in [1.807, 2.05) is 0 Å². The molecule has 0 bridgehead atoms. The fourth-order valence-corrected chi connectivity index (χ4v) is 17.9. The average molecular weight is 1310 g/mol. The maximum Gasteiger partial charge on any atom is 0.474 e. The van der Waals surface area contributed by atoms with Crippen LogP contribution >= 0.6 is 7.82 Å². The molecule has 12 heteroatoms. The normalized spacial score (nSPS) is 23.7. The van der Waals surface area contributed by atoms with Crippen LogP contribution in [0.25, 0.3) is 0 Å². The van der Waals surface area contributed by atoms with Crippen molar-refractivity contribution in [2.24, 2.45) is 47.3 Å². The third-order valence-corrected chi connectivity index (χ3v) is 23.9. The van der Waals surface area contributed by atoms with Crippen molar-refractivity contribution in [3.05, 3.63) is 0 Å². The number of rotatable bonds is 59. The number of nitrogens with zero attached hydrogens (tertiary/aromatic N) is 1. The zero-order valence-electron chi connectivity index (χ0n) is 60.9. The van der Waals surface area contributed by atoms with Gasteiger partial charge in [0, 0.05) is 46.7 Å². The Morgan fingerprint density at radius 2 is 0.593 bits per heavy atom. The molecule has 0 N–H and O–H groups in total. The lowest BCUT2D eigenvalue weighted by Gasteiger charge is -2.28. The summed E-state index contributed by atoms with van der Waals surface area (Å²) >= 11 is 0. The van der Waals surface area contributed by atoms with E-state index in [2.05, 4.69) is 32.6 Å². The van der Waals surface area contributed by atoms with E-state index in [9.17, 15) is 14.2 Å². The van der Waals surface area contributed by atoms with Crippen LogP contribution in [0.3, 0.4) is 0 Å². The number of phosphoric acid groups is 1. The van der Waals surface area contributed by atoms with Gasteiger partial charge in [0.1, 0.15) is 12.2 Å². The minimum Gasteiger partial charge on any atom is -0.462 e. The van der Waals surface area contributed by atoms with Crippen LogP contribution < -0.4 is 0 Å². The molecule has 0 aromatic heterocycles. The first-order valence-electron chi connectivity index (χ1n) is 40.2. The van der Waals surface area contributed by atoms with Gasteiger partial charge in [0.25, 0.3) is 0 Å². The van der Waals surface area contributed by atoms with Gasteiger partial charge in [-0.3, -0.25) is 28.1 Å². The molecule has 0 aromatic carbocycles. The highest BCUT2D eigenvalue weighted by Gasteiger charge is 2.28. The predicted octanol–water partition coefficient (Wildman–Crippen LogP) is 23.3. The second kappa shape index (κ2) is 54.9. The predicted molar refractivity (Wildman–Crippen MR) is 381 cm³/mol. The quantitative estimate of drug-likeness (QED) is 0.0329. The first-order valence-corrected chi connectivity index (χ1v) is 41.7. The molecule has 4 saturated carbocycles. The van der Waals surface area contributed by atoms with Gasteiger partial charge in [-0.05, 0) is 131 Å². The van der Waals surface area contributed by atoms with Crippen molar-refractivity contribution in [2.75, 3.05) is 66.9 Å². The topological polar surface area (TPSA) is 119 Å². The van der Waals surface area contributed by atoms with Crippen molar-refractivity contribution in [2.45, 2.75) is 380 Å². The van der Waals surface area contributed by atoms with Gasteiger partial charge < -0.3 is 18.9 Å². The van der Waals surface area contributed by atoms with Gasteiger partial charge >= 0.3 is 19.8 Å². The molecular weight excluding hydrogens is 1150 g/mol. The smallest absolute Gasteiger partial charge is 0.462 e. The molecule has 0 atom stereocenters. The van der Waals surface area contributed by atoms with Crippen molar-refractivity contribution in [1.82, 2.24) is 4.90 Å². The average Bonchev–Trinajstić information content (AvgIpc) is 3.73. The Balaban J connectivity index is 1.14. The monoisotopic (exact) mass is 1300 g/mol. The van der Waals surface area contributed by atoms with Crippen LogP contribution in [0.5, 0.6) is 0 Å². The molecule has 0 radical (unpaired) electrons. The number of esters is 2. The molecule has 0 spiro atoms. The van der Waals surface area contributed by atoms with E-state index in [4.69, 9.17) is 32.5 Å². The lowest BCUT2D eigenvalue weighted by Crippen LogP contribution is -2.32. The van der Waals surface area contributed by atoms with E-state index in [0.29, 0.717) is 45.7 Å². The fraction of sp³-hybridized carbons (Fsp3) is 0.975. The summed E-state index contributed by atoms with van der Waals surface area (Å²) < 4.78 is 55.4. The van der Waals surface area contributed by atoms with Crippen LogP contribution in [0.4, 0.5) is 0 Å². The number of hydrogen-bond acceptors (Lipinski definition) is 11. The Hall–Kier alpha value is -1.07. The van der Waals surface area contributed by atoms with Gasteiger partial charge in [0.05, 0.1) is 33.0 Å². The van der Waals surface area contributed by atoms with Crippen LogP contribution in [0, 0.1) is 47.3 Å². The molecule has 0 heterocycles. The lowest BCUT2D eigenvalue weighted by atomic mass is 9.78. The number of hydrogen-bond donors (Lipinski definition) is 0. The standard InChI is InChI=1S/C79H150NO10P/c1-7-30-68-44-52-72(53-45-68)34-19-23-38-76(39-24-20-35-73-54-46-69(31-8-2)47-55-73)89-78(81)42-17-13-11-15-27-63-86-91(83,88-65-29-60-80(61-66-84-5)62-67-85-6)87-64-28-16-12-14-18-43-79(82)90-77(40-25-21-36-74-56-48-70(32-9-3)49-57-74)41-26-22-37-75-58-50-71(33-10-4)51-59-75/h68-77H,7-67H2,1-6H3. The van der Waals surface area contributed by atoms with Gasteiger partial charge in [-0.25, -0.2) is 4.57 Å². The number of methoxy groups -OCH3 is 2. The molecule has 91 heavy (non-hydrogen) atoms. The van der Waals surface area contributed by atoms with Gasteiger partial charge in [-0.2, -0.15) is 0 Å². The molecule has 0 aromatic rings. The van der Waals surface area contributed by atoms with Crippen molar-refractivity contribution in [1.29, 1.82) is 0 Å². The molecule has 4 rings (SSSR count). The molecule has 11 nitrogen and oxygen atoms in total. The number of carbonyl (C=O) groups is 2. The Bertz CT molecular complexity index is 1540. The summed E-state index contributed by atoms with van der Waals surface area (Å²) in [4.78, 5) is 28.9. The number of unbranched alkanes of at least 4 members (excludes halogenated alkanes) is 12. The summed E-state index contributed by atoms with van der Waals surface area (Å²) in [6.07, 6.45) is 63.4. The molecular formula is C79H150NO10P. The van der Waals surface area contributed by atoms with Crippen molar-refractivity contribution < 1.29 is 46.7 Å². The van der Waals surface area contributed by atoms with E-state index in [1.54, 1.807) is 14.2 Å². The van der Waals surface area contributed by atoms with E-state index in [0.717, 1.165) is 157 Å². The van der Waals surface area contributed by atoms with Crippen molar-refractivity contribution >= 4 is 19.8 Å². The molecule has 4 aliphatic rings. The summed E-state index contributed by atoms with van der Waals surface area (Å²) in [6, 6.07) is 0. The lowest BCUT2D eigenvalue weighted by molar-refractivity contribution is -0.151. The summed E-state index contributed by atoms with van der Waals surface area (Å²) in [7, 11) is -0.353. The van der Waals surface area contributed by atoms with Crippen LogP contribution in [-0.2, 0) is 46.7 Å². The van der Waals surface area contributed by atoms with E-state index >= 15 is 0 Å². The van der Waals surface area contributed by atoms with Gasteiger partial charge in [-0.15, -0.1) is 0 Å². The number of ether oxygens (including phenoxy) is 4. The first-order chi connectivity index (χ1) is 44.6. The molecule has 0 amide bonds. The van der Waals surface area contributed by atoms with Gasteiger partial charge in [0.2, 0.25) is 0 Å². The van der Waals surface area contributed by atoms with Crippen molar-refractivity contribution in [3.63, 3.8) is 0 Å². The fourth-order valence-electron chi connectivity index (χ4n) is 16.6. The highest BCUT2D eigenvalue weighted by atomic mass is 31.2. The minimum atomic E-state index is -3.78. The second-order valence-corrected chi connectivity index (χ2v) is 31.9. The maximum atomic E-state index is 14.1. The van der Waals surface area contributed by atoms with E-state index in [1.165, 1.54) is 231 Å². The molecule has 4 fully saturated rings. The Kier molecular flexibility index (Phi) is 49.7. The zero-order valence-corrected chi connectivity index (χ0v) is 61.8. The molecule has 0 aliphatic heterocycles. The van der Waals surface area contributed by atoms with E-state index in [-0.39, 0.29) is 30.8 Å². The summed E-state index contributed by atoms with van der Waals surface area (Å²) in [5, 5.41) is 0. The van der Waals surface area contributed by atoms with Crippen molar-refractivity contribution in [3.8, 4) is 0 Å². The van der Waals surface area contributed by atoms with E-state index < -0.39 is 7.82 Å². The largest absolute Gasteiger partial charge is 0.474 e. The van der Waals surface area contributed by atoms with Crippen LogP contribution in [-0.4, -0.2) is 95.9 Å². The Labute approximate surface area is 563 Å². The molecule has 0 saturated heterocycles. The van der Waals surface area contributed by atoms with Gasteiger partial charge in [-0.1, -0.05) is 272 Å². The van der Waals surface area contributed by atoms with Crippen LogP contribution in [0.1, 0.15) is 368 Å². The minimum absolute atomic E-state index is 0.0214. The third-order valence-electron chi connectivity index (χ3n) is 22.4. The SMILES string of the molecule is CCCC1CCC(CCCCC(CCCCC2CCC(CCC)CC2)OC(=O)CCCCCCCOP(=O)(OCCCCCCCC(=O)OC(CCCCC2CCC(CCC)CC2)CCCCC2CCC(CCC)CC2)OCCCN(CCOC)CCOC)CC1. The summed E-state index contributed by atoms with van der Waals surface area (Å²) in [6.45, 7) is 13.8. The molecule has 536 valence electrons. The second-order valence-electron chi connectivity index (χ2n) is 30.2. The van der Waals surface area contributed by atoms with Gasteiger partial charge in [0.15, 0.2) is 0 Å². The van der Waals surface area contributed by atoms with Crippen LogP contribution in [0.15, 0.2) is 0 Å². The third kappa shape index (κ3) is 41.7. The Morgan fingerprint density at radius 3 is 0.879 bits per heavy atom. The highest BCUT2D eigenvalue weighted by Crippen LogP contribution is 2.50. The maximum absolute atomic E-state index is 14.1. The van der Waals surface area contributed by atoms with Crippen LogP contribution in [0.2, 0.25) is 0 Å².